The number of β-amino-alcohol motifs (C(OH)–C–C–N with tert-alkyl or cyclic N) is 1. The molecule has 1 aliphatic rings. The minimum Gasteiger partial charge on any atom is -0.391 e. The molecule has 1 aromatic heterocycles. The number of nitrogen functional groups attached to an aromatic ring is 1. The highest BCUT2D eigenvalue weighted by Crippen LogP contribution is 2.21. The van der Waals surface area contributed by atoms with Crippen molar-refractivity contribution in [1.82, 2.24) is 9.97 Å². The van der Waals surface area contributed by atoms with Gasteiger partial charge in [-0.15, -0.1) is 0 Å². The zero-order chi connectivity index (χ0) is 9.26. The molecule has 2 rings (SSSR count). The highest BCUT2D eigenvalue weighted by molar-refractivity contribution is 5.57. The molecular formula is C8H12N4O. The Labute approximate surface area is 76.2 Å². The molecule has 2 heterocycles. The summed E-state index contributed by atoms with van der Waals surface area (Å²) in [6.07, 6.45) is 3.68. The average Bonchev–Trinajstić information content (AvgIpc) is 2.53. The Bertz CT molecular complexity index is 304. The topological polar surface area (TPSA) is 75.3 Å². The minimum absolute atomic E-state index is 0.263. The highest BCUT2D eigenvalue weighted by atomic mass is 16.3. The van der Waals surface area contributed by atoms with E-state index in [1.54, 1.807) is 12.4 Å². The van der Waals surface area contributed by atoms with Gasteiger partial charge in [-0.25, -0.2) is 9.97 Å². The summed E-state index contributed by atoms with van der Waals surface area (Å²) in [6.45, 7) is 1.40. The normalized spacial score (nSPS) is 22.2. The van der Waals surface area contributed by atoms with Crippen molar-refractivity contribution >= 4 is 11.6 Å². The molecular weight excluding hydrogens is 168 g/mol. The van der Waals surface area contributed by atoms with Gasteiger partial charge in [0, 0.05) is 25.5 Å². The number of nitrogens with zero attached hydrogens (tertiary/aromatic N) is 3. The Hall–Kier alpha value is -1.36. The maximum Gasteiger partial charge on any atom is 0.171 e. The average molecular weight is 180 g/mol. The molecule has 3 N–H and O–H groups in total. The van der Waals surface area contributed by atoms with Gasteiger partial charge in [0.15, 0.2) is 11.6 Å². The first-order valence-electron chi connectivity index (χ1n) is 4.27. The molecule has 1 fully saturated rings. The van der Waals surface area contributed by atoms with Crippen LogP contribution in [0.4, 0.5) is 11.6 Å². The Morgan fingerprint density at radius 1 is 1.46 bits per heavy atom. The molecule has 70 valence electrons. The third-order valence-corrected chi connectivity index (χ3v) is 2.17. The molecule has 13 heavy (non-hydrogen) atoms. The summed E-state index contributed by atoms with van der Waals surface area (Å²) in [5.41, 5.74) is 5.65. The van der Waals surface area contributed by atoms with Crippen molar-refractivity contribution < 1.29 is 5.11 Å². The van der Waals surface area contributed by atoms with Crippen molar-refractivity contribution in [2.75, 3.05) is 23.7 Å². The summed E-state index contributed by atoms with van der Waals surface area (Å²) in [6, 6.07) is 0. The second-order valence-corrected chi connectivity index (χ2v) is 3.15. The second-order valence-electron chi connectivity index (χ2n) is 3.15. The van der Waals surface area contributed by atoms with Crippen LogP contribution in [-0.2, 0) is 0 Å². The van der Waals surface area contributed by atoms with Crippen molar-refractivity contribution in [3.05, 3.63) is 12.4 Å². The Kier molecular flexibility index (Phi) is 2.02. The van der Waals surface area contributed by atoms with Gasteiger partial charge in [0.2, 0.25) is 0 Å². The SMILES string of the molecule is Nc1nccnc1N1CCC(O)C1. The molecule has 0 saturated carbocycles. The molecule has 5 heteroatoms. The fourth-order valence-corrected chi connectivity index (χ4v) is 1.52. The second kappa shape index (κ2) is 3.18. The molecule has 1 aromatic rings. The van der Waals surface area contributed by atoms with Crippen LogP contribution in [0.15, 0.2) is 12.4 Å². The minimum atomic E-state index is -0.263. The molecule has 1 aliphatic heterocycles. The third kappa shape index (κ3) is 1.55. The van der Waals surface area contributed by atoms with Gasteiger partial charge in [-0.1, -0.05) is 0 Å². The van der Waals surface area contributed by atoms with Crippen LogP contribution < -0.4 is 10.6 Å². The molecule has 0 aliphatic carbocycles. The lowest BCUT2D eigenvalue weighted by molar-refractivity contribution is 0.198. The van der Waals surface area contributed by atoms with Crippen LogP contribution in [0.25, 0.3) is 0 Å². The van der Waals surface area contributed by atoms with E-state index in [-0.39, 0.29) is 6.10 Å². The van der Waals surface area contributed by atoms with Gasteiger partial charge >= 0.3 is 0 Å². The van der Waals surface area contributed by atoms with Crippen molar-refractivity contribution in [2.45, 2.75) is 12.5 Å². The van der Waals surface area contributed by atoms with Crippen molar-refractivity contribution in [3.63, 3.8) is 0 Å². The van der Waals surface area contributed by atoms with Gasteiger partial charge in [0.05, 0.1) is 6.10 Å². The van der Waals surface area contributed by atoms with E-state index in [4.69, 9.17) is 5.73 Å². The Morgan fingerprint density at radius 2 is 2.23 bits per heavy atom. The van der Waals surface area contributed by atoms with Crippen LogP contribution in [0.5, 0.6) is 0 Å². The number of aromatic nitrogens is 2. The first kappa shape index (κ1) is 8.25. The van der Waals surface area contributed by atoms with Crippen LogP contribution in [0.2, 0.25) is 0 Å². The van der Waals surface area contributed by atoms with E-state index in [0.717, 1.165) is 13.0 Å². The summed E-state index contributed by atoms with van der Waals surface area (Å²) in [4.78, 5) is 10.0. The largest absolute Gasteiger partial charge is 0.391 e. The van der Waals surface area contributed by atoms with E-state index < -0.39 is 0 Å². The maximum absolute atomic E-state index is 9.32. The van der Waals surface area contributed by atoms with E-state index in [0.29, 0.717) is 18.2 Å². The summed E-state index contributed by atoms with van der Waals surface area (Å²) < 4.78 is 0. The zero-order valence-corrected chi connectivity index (χ0v) is 7.22. The number of hydrogen-bond donors (Lipinski definition) is 2. The van der Waals surface area contributed by atoms with Gasteiger partial charge in [-0.05, 0) is 6.42 Å². The van der Waals surface area contributed by atoms with Crippen LogP contribution in [0, 0.1) is 0 Å². The number of anilines is 2. The maximum atomic E-state index is 9.32. The smallest absolute Gasteiger partial charge is 0.171 e. The quantitative estimate of drug-likeness (QED) is 0.616. The lowest BCUT2D eigenvalue weighted by Crippen LogP contribution is -2.23. The van der Waals surface area contributed by atoms with Gasteiger partial charge < -0.3 is 15.7 Å². The monoisotopic (exact) mass is 180 g/mol. The number of aliphatic hydroxyl groups excluding tert-OH is 1. The Morgan fingerprint density at radius 3 is 2.85 bits per heavy atom. The lowest BCUT2D eigenvalue weighted by Gasteiger charge is -2.16. The molecule has 1 saturated heterocycles. The number of nitrogens with two attached hydrogens (primary N) is 1. The van der Waals surface area contributed by atoms with Crippen LogP contribution in [-0.4, -0.2) is 34.3 Å². The molecule has 1 atom stereocenters. The summed E-state index contributed by atoms with van der Waals surface area (Å²) in [5, 5.41) is 9.32. The first-order chi connectivity index (χ1) is 6.27. The molecule has 0 spiro atoms. The van der Waals surface area contributed by atoms with Crippen molar-refractivity contribution in [2.24, 2.45) is 0 Å². The van der Waals surface area contributed by atoms with E-state index in [1.165, 1.54) is 0 Å². The molecule has 0 radical (unpaired) electrons. The van der Waals surface area contributed by atoms with E-state index in [9.17, 15) is 5.11 Å². The molecule has 0 bridgehead atoms. The van der Waals surface area contributed by atoms with Gasteiger partial charge in [0.1, 0.15) is 0 Å². The number of aliphatic hydroxyl groups is 1. The summed E-state index contributed by atoms with van der Waals surface area (Å²) in [7, 11) is 0. The summed E-state index contributed by atoms with van der Waals surface area (Å²) in [5.74, 6) is 1.11. The van der Waals surface area contributed by atoms with Gasteiger partial charge in [-0.2, -0.15) is 0 Å². The molecule has 1 unspecified atom stereocenters. The predicted octanol–water partition coefficient (Wildman–Crippen LogP) is -0.370. The van der Waals surface area contributed by atoms with Gasteiger partial charge in [0.25, 0.3) is 0 Å². The Balaban J connectivity index is 2.21. The lowest BCUT2D eigenvalue weighted by atomic mass is 10.3. The van der Waals surface area contributed by atoms with E-state index in [1.807, 2.05) is 4.90 Å². The fraction of sp³-hybridized carbons (Fsp3) is 0.500. The van der Waals surface area contributed by atoms with Crippen LogP contribution in [0.3, 0.4) is 0 Å². The van der Waals surface area contributed by atoms with Crippen LogP contribution in [0.1, 0.15) is 6.42 Å². The highest BCUT2D eigenvalue weighted by Gasteiger charge is 2.22. The predicted molar refractivity (Wildman–Crippen MR) is 49.3 cm³/mol. The fourth-order valence-electron chi connectivity index (χ4n) is 1.52. The molecule has 0 aromatic carbocycles. The summed E-state index contributed by atoms with van der Waals surface area (Å²) >= 11 is 0. The first-order valence-corrected chi connectivity index (χ1v) is 4.27. The van der Waals surface area contributed by atoms with Crippen molar-refractivity contribution in [3.8, 4) is 0 Å². The van der Waals surface area contributed by atoms with E-state index >= 15 is 0 Å². The van der Waals surface area contributed by atoms with Crippen molar-refractivity contribution in [1.29, 1.82) is 0 Å². The number of hydrogen-bond acceptors (Lipinski definition) is 5. The van der Waals surface area contributed by atoms with Crippen LogP contribution >= 0.6 is 0 Å². The zero-order valence-electron chi connectivity index (χ0n) is 7.22. The number of rotatable bonds is 1. The third-order valence-electron chi connectivity index (χ3n) is 2.17. The molecule has 5 nitrogen and oxygen atoms in total. The van der Waals surface area contributed by atoms with E-state index in [2.05, 4.69) is 9.97 Å². The molecule has 0 amide bonds. The van der Waals surface area contributed by atoms with Gasteiger partial charge in [-0.3, -0.25) is 0 Å². The standard InChI is InChI=1S/C8H12N4O/c9-7-8(11-3-2-10-7)12-4-1-6(13)5-12/h2-3,6,13H,1,4-5H2,(H2,9,10).